The summed E-state index contributed by atoms with van der Waals surface area (Å²) in [4.78, 5) is 17.3. The molecule has 0 amide bonds. The monoisotopic (exact) mass is 251 g/mol. The minimum Gasteiger partial charge on any atom is -0.488 e. The number of piperazine rings is 1. The Kier molecular flexibility index (Phi) is 4.78. The maximum atomic E-state index is 11.8. The minimum absolute atomic E-state index is 0.0349. The Morgan fingerprint density at radius 2 is 2.17 bits per heavy atom. The van der Waals surface area contributed by atoms with Crippen molar-refractivity contribution in [2.24, 2.45) is 0 Å². The third-order valence-corrected chi connectivity index (χ3v) is 3.00. The second-order valence-electron chi connectivity index (χ2n) is 4.56. The fraction of sp³-hybridized carbons (Fsp3) is 0.615. The van der Waals surface area contributed by atoms with E-state index in [1.54, 1.807) is 12.3 Å². The Labute approximate surface area is 107 Å². The highest BCUT2D eigenvalue weighted by atomic mass is 16.5. The van der Waals surface area contributed by atoms with Crippen LogP contribution in [0.3, 0.4) is 0 Å². The first-order valence-corrected chi connectivity index (χ1v) is 6.57. The molecule has 0 spiro atoms. The van der Waals surface area contributed by atoms with Crippen molar-refractivity contribution in [1.29, 1.82) is 0 Å². The number of aromatic amines is 1. The lowest BCUT2D eigenvalue weighted by Gasteiger charge is -2.26. The van der Waals surface area contributed by atoms with E-state index in [4.69, 9.17) is 4.74 Å². The van der Waals surface area contributed by atoms with Gasteiger partial charge in [-0.1, -0.05) is 6.92 Å². The fourth-order valence-corrected chi connectivity index (χ4v) is 2.03. The van der Waals surface area contributed by atoms with Crippen LogP contribution in [-0.4, -0.2) is 42.7 Å². The minimum atomic E-state index is -0.0349. The van der Waals surface area contributed by atoms with Gasteiger partial charge in [0.15, 0.2) is 5.75 Å². The molecule has 1 fully saturated rings. The van der Waals surface area contributed by atoms with Gasteiger partial charge in [-0.25, -0.2) is 0 Å². The molecule has 0 radical (unpaired) electrons. The summed E-state index contributed by atoms with van der Waals surface area (Å²) in [7, 11) is 0. The summed E-state index contributed by atoms with van der Waals surface area (Å²) < 4.78 is 5.36. The van der Waals surface area contributed by atoms with Crippen LogP contribution in [0.25, 0.3) is 0 Å². The molecule has 5 nitrogen and oxygen atoms in total. The number of hydrogen-bond donors (Lipinski definition) is 2. The number of nitrogens with zero attached hydrogens (tertiary/aromatic N) is 1. The van der Waals surface area contributed by atoms with Crippen molar-refractivity contribution in [3.63, 3.8) is 0 Å². The highest BCUT2D eigenvalue weighted by Gasteiger charge is 2.11. The molecule has 100 valence electrons. The first-order chi connectivity index (χ1) is 8.79. The zero-order chi connectivity index (χ0) is 12.8. The lowest BCUT2D eigenvalue weighted by atomic mass is 10.3. The maximum Gasteiger partial charge on any atom is 0.223 e. The van der Waals surface area contributed by atoms with Gasteiger partial charge in [-0.3, -0.25) is 9.69 Å². The van der Waals surface area contributed by atoms with E-state index in [2.05, 4.69) is 15.2 Å². The van der Waals surface area contributed by atoms with E-state index >= 15 is 0 Å². The Balaban J connectivity index is 1.97. The van der Waals surface area contributed by atoms with Gasteiger partial charge in [0.05, 0.1) is 6.61 Å². The largest absolute Gasteiger partial charge is 0.488 e. The van der Waals surface area contributed by atoms with Crippen LogP contribution >= 0.6 is 0 Å². The van der Waals surface area contributed by atoms with Crippen LogP contribution in [0.2, 0.25) is 0 Å². The summed E-state index contributed by atoms with van der Waals surface area (Å²) in [5, 5.41) is 3.31. The van der Waals surface area contributed by atoms with Crippen molar-refractivity contribution in [1.82, 2.24) is 15.2 Å². The normalized spacial score (nSPS) is 16.7. The summed E-state index contributed by atoms with van der Waals surface area (Å²) in [6.45, 7) is 7.48. The van der Waals surface area contributed by atoms with Gasteiger partial charge in [-0.15, -0.1) is 0 Å². The smallest absolute Gasteiger partial charge is 0.223 e. The van der Waals surface area contributed by atoms with Gasteiger partial charge in [0, 0.05) is 50.7 Å². The summed E-state index contributed by atoms with van der Waals surface area (Å²) in [5.41, 5.74) is 0.915. The molecule has 2 N–H and O–H groups in total. The fourth-order valence-electron chi connectivity index (χ4n) is 2.03. The molecule has 2 heterocycles. The van der Waals surface area contributed by atoms with Crippen molar-refractivity contribution in [3.8, 4) is 5.75 Å². The number of aromatic nitrogens is 1. The van der Waals surface area contributed by atoms with Gasteiger partial charge < -0.3 is 15.0 Å². The zero-order valence-corrected chi connectivity index (χ0v) is 10.9. The molecule has 1 aromatic rings. The average molecular weight is 251 g/mol. The van der Waals surface area contributed by atoms with Crippen LogP contribution in [0.15, 0.2) is 17.1 Å². The molecule has 1 aliphatic heterocycles. The quantitative estimate of drug-likeness (QED) is 0.803. The standard InChI is InChI=1S/C13H21N3O2/c1-2-7-18-13-9-15-11(8-12(13)17)10-16-5-3-14-4-6-16/h8-9,14H,2-7,10H2,1H3,(H,15,17). The molecular formula is C13H21N3O2. The lowest BCUT2D eigenvalue weighted by Crippen LogP contribution is -2.43. The topological polar surface area (TPSA) is 57.4 Å². The van der Waals surface area contributed by atoms with E-state index in [0.717, 1.165) is 44.8 Å². The predicted octanol–water partition coefficient (Wildman–Crippen LogP) is 0.569. The predicted molar refractivity (Wildman–Crippen MR) is 71.0 cm³/mol. The second-order valence-corrected chi connectivity index (χ2v) is 4.56. The van der Waals surface area contributed by atoms with Gasteiger partial charge >= 0.3 is 0 Å². The van der Waals surface area contributed by atoms with Crippen LogP contribution in [-0.2, 0) is 6.54 Å². The summed E-state index contributed by atoms with van der Waals surface area (Å²) in [6.07, 6.45) is 2.58. The number of pyridine rings is 1. The third-order valence-electron chi connectivity index (χ3n) is 3.00. The van der Waals surface area contributed by atoms with E-state index in [1.165, 1.54) is 0 Å². The summed E-state index contributed by atoms with van der Waals surface area (Å²) in [6, 6.07) is 1.65. The number of hydrogen-bond acceptors (Lipinski definition) is 4. The lowest BCUT2D eigenvalue weighted by molar-refractivity contribution is 0.230. The SMILES string of the molecule is CCCOc1c[nH]c(CN2CCNCC2)cc1=O. The van der Waals surface area contributed by atoms with E-state index in [1.807, 2.05) is 6.92 Å². The number of nitrogens with one attached hydrogen (secondary N) is 2. The van der Waals surface area contributed by atoms with E-state index < -0.39 is 0 Å². The van der Waals surface area contributed by atoms with Crippen LogP contribution in [0.4, 0.5) is 0 Å². The molecule has 0 atom stereocenters. The maximum absolute atomic E-state index is 11.8. The van der Waals surface area contributed by atoms with Crippen LogP contribution in [0.5, 0.6) is 5.75 Å². The third kappa shape index (κ3) is 3.58. The van der Waals surface area contributed by atoms with Crippen molar-refractivity contribution in [3.05, 3.63) is 28.2 Å². The highest BCUT2D eigenvalue weighted by molar-refractivity contribution is 5.20. The van der Waals surface area contributed by atoms with Crippen LogP contribution in [0.1, 0.15) is 19.0 Å². The highest BCUT2D eigenvalue weighted by Crippen LogP contribution is 2.05. The number of H-pyrrole nitrogens is 1. The van der Waals surface area contributed by atoms with Gasteiger partial charge in [0.2, 0.25) is 5.43 Å². The number of rotatable bonds is 5. The van der Waals surface area contributed by atoms with Crippen molar-refractivity contribution >= 4 is 0 Å². The molecule has 5 heteroatoms. The molecule has 0 aromatic carbocycles. The van der Waals surface area contributed by atoms with E-state index in [0.29, 0.717) is 12.4 Å². The molecule has 0 aliphatic carbocycles. The molecular weight excluding hydrogens is 230 g/mol. The van der Waals surface area contributed by atoms with Crippen molar-refractivity contribution in [2.45, 2.75) is 19.9 Å². The van der Waals surface area contributed by atoms with E-state index in [9.17, 15) is 4.79 Å². The summed E-state index contributed by atoms with van der Waals surface area (Å²) in [5.74, 6) is 0.418. The molecule has 18 heavy (non-hydrogen) atoms. The first kappa shape index (κ1) is 13.1. The van der Waals surface area contributed by atoms with Gasteiger partial charge in [-0.2, -0.15) is 0 Å². The molecule has 1 saturated heterocycles. The van der Waals surface area contributed by atoms with Gasteiger partial charge in [0.25, 0.3) is 0 Å². The van der Waals surface area contributed by atoms with E-state index in [-0.39, 0.29) is 5.43 Å². The second kappa shape index (κ2) is 6.56. The van der Waals surface area contributed by atoms with Crippen LogP contribution < -0.4 is 15.5 Å². The zero-order valence-electron chi connectivity index (χ0n) is 10.9. The van der Waals surface area contributed by atoms with Gasteiger partial charge in [0.1, 0.15) is 0 Å². The first-order valence-electron chi connectivity index (χ1n) is 6.57. The van der Waals surface area contributed by atoms with Crippen molar-refractivity contribution < 1.29 is 4.74 Å². The molecule has 0 bridgehead atoms. The molecule has 0 unspecified atom stereocenters. The van der Waals surface area contributed by atoms with Gasteiger partial charge in [-0.05, 0) is 6.42 Å². The molecule has 1 aliphatic rings. The Hall–Kier alpha value is -1.33. The molecule has 2 rings (SSSR count). The molecule has 0 saturated carbocycles. The Morgan fingerprint density at radius 3 is 2.83 bits per heavy atom. The average Bonchev–Trinajstić information content (AvgIpc) is 2.39. The Bertz CT molecular complexity index is 424. The number of ether oxygens (including phenoxy) is 1. The molecule has 1 aromatic heterocycles. The summed E-state index contributed by atoms with van der Waals surface area (Å²) >= 11 is 0. The Morgan fingerprint density at radius 1 is 1.39 bits per heavy atom. The van der Waals surface area contributed by atoms with Crippen LogP contribution in [0, 0.1) is 0 Å². The van der Waals surface area contributed by atoms with Crippen molar-refractivity contribution in [2.75, 3.05) is 32.8 Å².